The molecule has 0 unspecified atom stereocenters. The van der Waals surface area contributed by atoms with Gasteiger partial charge in [0.05, 0.1) is 12.1 Å². The van der Waals surface area contributed by atoms with Gasteiger partial charge in [-0.25, -0.2) is 0 Å². The Bertz CT molecular complexity index is 924. The smallest absolute Gasteiger partial charge is 0.276 e. The third-order valence-corrected chi connectivity index (χ3v) is 3.60. The Kier molecular flexibility index (Phi) is 3.97. The summed E-state index contributed by atoms with van der Waals surface area (Å²) in [5.74, 6) is 0.899. The Labute approximate surface area is 132 Å². The number of carbonyl (C=O) groups is 1. The van der Waals surface area contributed by atoms with Crippen LogP contribution in [0.15, 0.2) is 45.6 Å². The van der Waals surface area contributed by atoms with Crippen LogP contribution in [0.2, 0.25) is 0 Å². The van der Waals surface area contributed by atoms with E-state index in [-0.39, 0.29) is 17.7 Å². The highest BCUT2D eigenvalue weighted by atomic mass is 16.3. The molecular formula is C17H17N3O3. The number of furan rings is 1. The number of fused-ring (bicyclic) bond motifs is 1. The largest absolute Gasteiger partial charge is 0.465 e. The highest BCUT2D eigenvalue weighted by Crippen LogP contribution is 2.10. The van der Waals surface area contributed by atoms with Crippen LogP contribution in [-0.4, -0.2) is 15.7 Å². The number of hydrogen-bond donors (Lipinski definition) is 1. The molecule has 1 N–H and O–H groups in total. The summed E-state index contributed by atoms with van der Waals surface area (Å²) in [7, 11) is 0. The van der Waals surface area contributed by atoms with Crippen LogP contribution in [0.3, 0.4) is 0 Å². The van der Waals surface area contributed by atoms with Crippen molar-refractivity contribution in [2.45, 2.75) is 26.9 Å². The molecule has 6 heteroatoms. The van der Waals surface area contributed by atoms with E-state index in [1.165, 1.54) is 0 Å². The number of aromatic nitrogens is 2. The van der Waals surface area contributed by atoms with Crippen molar-refractivity contribution >= 4 is 16.8 Å². The summed E-state index contributed by atoms with van der Waals surface area (Å²) in [4.78, 5) is 24.8. The second kappa shape index (κ2) is 6.08. The SMILES string of the molecule is CCn1nc(C(=O)NCc2ccc(C)o2)c(=O)c2ccccc21. The molecule has 0 aliphatic carbocycles. The number of hydrogen-bond acceptors (Lipinski definition) is 4. The van der Waals surface area contributed by atoms with Gasteiger partial charge >= 0.3 is 0 Å². The third-order valence-electron chi connectivity index (χ3n) is 3.60. The molecule has 1 aromatic carbocycles. The zero-order valence-corrected chi connectivity index (χ0v) is 13.0. The summed E-state index contributed by atoms with van der Waals surface area (Å²) in [6, 6.07) is 10.7. The topological polar surface area (TPSA) is 77.1 Å². The van der Waals surface area contributed by atoms with Crippen LogP contribution < -0.4 is 10.7 Å². The van der Waals surface area contributed by atoms with Gasteiger partial charge in [0.25, 0.3) is 5.91 Å². The van der Waals surface area contributed by atoms with Crippen LogP contribution in [0.5, 0.6) is 0 Å². The summed E-state index contributed by atoms with van der Waals surface area (Å²) < 4.78 is 7.05. The molecule has 3 aromatic rings. The van der Waals surface area contributed by atoms with Gasteiger partial charge in [0, 0.05) is 11.9 Å². The van der Waals surface area contributed by atoms with Crippen molar-refractivity contribution in [3.8, 4) is 0 Å². The molecule has 6 nitrogen and oxygen atoms in total. The van der Waals surface area contributed by atoms with Crippen molar-refractivity contribution in [1.29, 1.82) is 0 Å². The Morgan fingerprint density at radius 3 is 2.74 bits per heavy atom. The molecular weight excluding hydrogens is 294 g/mol. The highest BCUT2D eigenvalue weighted by molar-refractivity contribution is 5.95. The van der Waals surface area contributed by atoms with E-state index in [2.05, 4.69) is 10.4 Å². The molecule has 0 bridgehead atoms. The fraction of sp³-hybridized carbons (Fsp3) is 0.235. The number of benzene rings is 1. The zero-order chi connectivity index (χ0) is 16.4. The normalized spacial score (nSPS) is 10.9. The lowest BCUT2D eigenvalue weighted by Crippen LogP contribution is -2.31. The number of amides is 1. The first-order valence-electron chi connectivity index (χ1n) is 7.43. The van der Waals surface area contributed by atoms with Gasteiger partial charge in [-0.15, -0.1) is 0 Å². The van der Waals surface area contributed by atoms with Gasteiger partial charge in [-0.1, -0.05) is 12.1 Å². The van der Waals surface area contributed by atoms with Gasteiger partial charge in [0.1, 0.15) is 11.5 Å². The summed E-state index contributed by atoms with van der Waals surface area (Å²) in [5.41, 5.74) is 0.255. The molecule has 1 amide bonds. The van der Waals surface area contributed by atoms with Gasteiger partial charge in [-0.05, 0) is 38.1 Å². The number of rotatable bonds is 4. The second-order valence-corrected chi connectivity index (χ2v) is 5.21. The lowest BCUT2D eigenvalue weighted by atomic mass is 10.2. The van der Waals surface area contributed by atoms with Crippen molar-refractivity contribution in [1.82, 2.24) is 15.1 Å². The predicted octanol–water partition coefficient (Wildman–Crippen LogP) is 2.25. The quantitative estimate of drug-likeness (QED) is 0.801. The molecule has 0 radical (unpaired) electrons. The van der Waals surface area contributed by atoms with Crippen molar-refractivity contribution < 1.29 is 9.21 Å². The van der Waals surface area contributed by atoms with Crippen LogP contribution in [-0.2, 0) is 13.1 Å². The van der Waals surface area contributed by atoms with Gasteiger partial charge in [-0.3, -0.25) is 14.3 Å². The second-order valence-electron chi connectivity index (χ2n) is 5.21. The van der Waals surface area contributed by atoms with Gasteiger partial charge in [0.2, 0.25) is 5.43 Å². The monoisotopic (exact) mass is 311 g/mol. The molecule has 0 spiro atoms. The fourth-order valence-corrected chi connectivity index (χ4v) is 2.46. The van der Waals surface area contributed by atoms with E-state index in [1.54, 1.807) is 22.9 Å². The lowest BCUT2D eigenvalue weighted by molar-refractivity contribution is 0.0939. The van der Waals surface area contributed by atoms with E-state index in [1.807, 2.05) is 32.0 Å². The van der Waals surface area contributed by atoms with Crippen LogP contribution in [0, 0.1) is 6.92 Å². The Morgan fingerprint density at radius 1 is 1.26 bits per heavy atom. The van der Waals surface area contributed by atoms with Crippen molar-refractivity contribution in [2.24, 2.45) is 0 Å². The van der Waals surface area contributed by atoms with Gasteiger partial charge < -0.3 is 9.73 Å². The van der Waals surface area contributed by atoms with Crippen molar-refractivity contribution in [2.75, 3.05) is 0 Å². The van der Waals surface area contributed by atoms with E-state index >= 15 is 0 Å². The predicted molar refractivity (Wildman–Crippen MR) is 86.3 cm³/mol. The molecule has 2 aromatic heterocycles. The standard InChI is InChI=1S/C17H17N3O3/c1-3-20-14-7-5-4-6-13(14)16(21)15(19-20)17(22)18-10-12-9-8-11(2)23-12/h4-9H,3,10H2,1-2H3,(H,18,22). The van der Waals surface area contributed by atoms with Crippen LogP contribution >= 0.6 is 0 Å². The fourth-order valence-electron chi connectivity index (χ4n) is 2.46. The van der Waals surface area contributed by atoms with E-state index < -0.39 is 5.91 Å². The zero-order valence-electron chi connectivity index (χ0n) is 13.0. The minimum Gasteiger partial charge on any atom is -0.465 e. The maximum absolute atomic E-state index is 12.5. The van der Waals surface area contributed by atoms with Gasteiger partial charge in [0.15, 0.2) is 5.69 Å². The summed E-state index contributed by atoms with van der Waals surface area (Å²) in [5, 5.41) is 7.36. The maximum Gasteiger partial charge on any atom is 0.276 e. The lowest BCUT2D eigenvalue weighted by Gasteiger charge is -2.10. The Balaban J connectivity index is 1.94. The average Bonchev–Trinajstić information content (AvgIpc) is 2.99. The molecule has 2 heterocycles. The first-order chi connectivity index (χ1) is 11.1. The number of nitrogens with one attached hydrogen (secondary N) is 1. The molecule has 118 valence electrons. The first-order valence-corrected chi connectivity index (χ1v) is 7.43. The van der Waals surface area contributed by atoms with E-state index in [4.69, 9.17) is 4.42 Å². The molecule has 0 aliphatic heterocycles. The summed E-state index contributed by atoms with van der Waals surface area (Å²) >= 11 is 0. The number of para-hydroxylation sites is 1. The number of aryl methyl sites for hydroxylation is 2. The average molecular weight is 311 g/mol. The Morgan fingerprint density at radius 2 is 2.04 bits per heavy atom. The Hall–Kier alpha value is -2.89. The molecule has 0 aliphatic rings. The number of nitrogens with zero attached hydrogens (tertiary/aromatic N) is 2. The van der Waals surface area contributed by atoms with E-state index in [9.17, 15) is 9.59 Å². The van der Waals surface area contributed by atoms with Gasteiger partial charge in [-0.2, -0.15) is 5.10 Å². The van der Waals surface area contributed by atoms with Crippen molar-refractivity contribution in [3.05, 3.63) is 63.8 Å². The first kappa shape index (κ1) is 15.0. The van der Waals surface area contributed by atoms with Crippen LogP contribution in [0.4, 0.5) is 0 Å². The molecule has 0 saturated carbocycles. The highest BCUT2D eigenvalue weighted by Gasteiger charge is 2.17. The molecule has 23 heavy (non-hydrogen) atoms. The maximum atomic E-state index is 12.5. The van der Waals surface area contributed by atoms with Crippen LogP contribution in [0.25, 0.3) is 10.9 Å². The summed E-state index contributed by atoms with van der Waals surface area (Å²) in [6.07, 6.45) is 0. The number of carbonyl (C=O) groups excluding carboxylic acids is 1. The molecule has 0 fully saturated rings. The van der Waals surface area contributed by atoms with Crippen LogP contribution in [0.1, 0.15) is 28.9 Å². The molecule has 0 saturated heterocycles. The molecule has 3 rings (SSSR count). The minimum absolute atomic E-state index is 0.103. The minimum atomic E-state index is -0.503. The van der Waals surface area contributed by atoms with Crippen molar-refractivity contribution in [3.63, 3.8) is 0 Å². The third kappa shape index (κ3) is 2.88. The summed E-state index contributed by atoms with van der Waals surface area (Å²) in [6.45, 7) is 4.53. The molecule has 0 atom stereocenters. The van der Waals surface area contributed by atoms with E-state index in [0.717, 1.165) is 11.3 Å². The van der Waals surface area contributed by atoms with E-state index in [0.29, 0.717) is 17.7 Å².